The molecule has 0 spiro atoms. The Morgan fingerprint density at radius 1 is 1.32 bits per heavy atom. The van der Waals surface area contributed by atoms with E-state index in [4.69, 9.17) is 4.74 Å². The summed E-state index contributed by atoms with van der Waals surface area (Å²) in [6.07, 6.45) is 6.95. The van der Waals surface area contributed by atoms with Crippen molar-refractivity contribution in [3.63, 3.8) is 0 Å². The van der Waals surface area contributed by atoms with Crippen LogP contribution in [-0.2, 0) is 13.0 Å². The number of halogens is 1. The van der Waals surface area contributed by atoms with Gasteiger partial charge in [0.15, 0.2) is 5.65 Å². The Labute approximate surface area is 158 Å². The lowest BCUT2D eigenvalue weighted by Crippen LogP contribution is -2.28. The maximum Gasteiger partial charge on any atom is 0.230 e. The maximum atomic E-state index is 14.4. The van der Waals surface area contributed by atoms with E-state index in [-0.39, 0.29) is 12.4 Å². The molecule has 0 unspecified atom stereocenters. The van der Waals surface area contributed by atoms with Crippen molar-refractivity contribution in [1.82, 2.24) is 19.6 Å². The predicted molar refractivity (Wildman–Crippen MR) is 96.5 cm³/mol. The highest BCUT2D eigenvalue weighted by Gasteiger charge is 2.20. The van der Waals surface area contributed by atoms with E-state index in [0.717, 1.165) is 21.6 Å². The van der Waals surface area contributed by atoms with Gasteiger partial charge in [0.25, 0.3) is 0 Å². The molecule has 4 heterocycles. The number of ether oxygens (including phenoxy) is 1. The third kappa shape index (κ3) is 2.68. The molecule has 0 aliphatic carbocycles. The normalized spacial score (nSPS) is 12.8. The fourth-order valence-corrected chi connectivity index (χ4v) is 3.45. The first-order valence-electron chi connectivity index (χ1n) is 8.77. The van der Waals surface area contributed by atoms with E-state index in [1.807, 2.05) is 6.07 Å². The standard InChI is InChI=1S/C19H16FN6O2/c20-16-3-4-17-13(5-7-28-17)15(16)9-22-19-21-8-14(18-24-23-11-26(18)19)12-2-1-6-25(27)10-12/h1-4,6,8,10-11,27H,5,7,9H2,(H,21,22)/q+1. The van der Waals surface area contributed by atoms with Gasteiger partial charge in [0.2, 0.25) is 18.3 Å². The van der Waals surface area contributed by atoms with E-state index < -0.39 is 0 Å². The van der Waals surface area contributed by atoms with Gasteiger partial charge >= 0.3 is 0 Å². The molecule has 0 saturated heterocycles. The van der Waals surface area contributed by atoms with Gasteiger partial charge in [-0.15, -0.1) is 10.2 Å². The number of aromatic nitrogens is 5. The Kier molecular flexibility index (Phi) is 3.78. The molecule has 2 N–H and O–H groups in total. The molecule has 1 aliphatic rings. The van der Waals surface area contributed by atoms with Crippen LogP contribution in [-0.4, -0.2) is 31.4 Å². The molecule has 0 radical (unpaired) electrons. The van der Waals surface area contributed by atoms with Crippen LogP contribution in [0.5, 0.6) is 5.75 Å². The zero-order valence-electron chi connectivity index (χ0n) is 14.7. The first kappa shape index (κ1) is 16.4. The summed E-state index contributed by atoms with van der Waals surface area (Å²) in [5.74, 6) is 0.954. The first-order valence-corrected chi connectivity index (χ1v) is 8.77. The molecule has 9 heteroatoms. The fourth-order valence-electron chi connectivity index (χ4n) is 3.45. The number of rotatable bonds is 4. The highest BCUT2D eigenvalue weighted by Crippen LogP contribution is 2.31. The summed E-state index contributed by atoms with van der Waals surface area (Å²) < 4.78 is 22.5. The van der Waals surface area contributed by atoms with Crippen molar-refractivity contribution < 1.29 is 19.1 Å². The number of hydrogen-bond donors (Lipinski definition) is 2. The summed E-state index contributed by atoms with van der Waals surface area (Å²) >= 11 is 0. The molecular weight excluding hydrogens is 363 g/mol. The van der Waals surface area contributed by atoms with Gasteiger partial charge in [0.1, 0.15) is 17.9 Å². The summed E-state index contributed by atoms with van der Waals surface area (Å²) in [5, 5.41) is 21.0. The second kappa shape index (κ2) is 6.45. The van der Waals surface area contributed by atoms with Crippen molar-refractivity contribution in [2.24, 2.45) is 0 Å². The second-order valence-corrected chi connectivity index (χ2v) is 6.45. The van der Waals surface area contributed by atoms with Crippen LogP contribution in [0.4, 0.5) is 10.3 Å². The van der Waals surface area contributed by atoms with Gasteiger partial charge < -0.3 is 10.1 Å². The van der Waals surface area contributed by atoms with E-state index in [0.29, 0.717) is 35.8 Å². The predicted octanol–water partition coefficient (Wildman–Crippen LogP) is 2.00. The van der Waals surface area contributed by atoms with Crippen LogP contribution in [0.15, 0.2) is 49.2 Å². The monoisotopic (exact) mass is 379 g/mol. The zero-order chi connectivity index (χ0) is 19.1. The van der Waals surface area contributed by atoms with Crippen LogP contribution in [0.1, 0.15) is 11.1 Å². The Hall–Kier alpha value is -3.75. The molecule has 3 aromatic heterocycles. The molecule has 0 bridgehead atoms. The smallest absolute Gasteiger partial charge is 0.230 e. The van der Waals surface area contributed by atoms with E-state index >= 15 is 0 Å². The molecule has 1 aliphatic heterocycles. The van der Waals surface area contributed by atoms with Crippen LogP contribution in [0.2, 0.25) is 0 Å². The molecule has 0 fully saturated rings. The molecule has 28 heavy (non-hydrogen) atoms. The molecule has 0 amide bonds. The fraction of sp³-hybridized carbons (Fsp3) is 0.158. The van der Waals surface area contributed by atoms with Gasteiger partial charge in [-0.05, 0) is 18.2 Å². The molecular formula is C19H16FN6O2+. The summed E-state index contributed by atoms with van der Waals surface area (Å²) in [7, 11) is 0. The van der Waals surface area contributed by atoms with Crippen LogP contribution in [0.25, 0.3) is 16.8 Å². The van der Waals surface area contributed by atoms with Crippen molar-refractivity contribution in [2.45, 2.75) is 13.0 Å². The van der Waals surface area contributed by atoms with Gasteiger partial charge in [-0.25, -0.2) is 9.37 Å². The number of nitrogens with zero attached hydrogens (tertiary/aromatic N) is 5. The molecule has 0 atom stereocenters. The van der Waals surface area contributed by atoms with Crippen LogP contribution in [0.3, 0.4) is 0 Å². The second-order valence-electron chi connectivity index (χ2n) is 6.45. The van der Waals surface area contributed by atoms with Crippen molar-refractivity contribution in [3.8, 4) is 16.9 Å². The highest BCUT2D eigenvalue weighted by molar-refractivity contribution is 5.76. The van der Waals surface area contributed by atoms with E-state index in [2.05, 4.69) is 20.5 Å². The lowest BCUT2D eigenvalue weighted by Gasteiger charge is -2.12. The molecule has 4 aromatic rings. The lowest BCUT2D eigenvalue weighted by molar-refractivity contribution is -0.904. The van der Waals surface area contributed by atoms with Crippen LogP contribution < -0.4 is 14.8 Å². The van der Waals surface area contributed by atoms with Crippen molar-refractivity contribution >= 4 is 11.6 Å². The van der Waals surface area contributed by atoms with E-state index in [9.17, 15) is 9.60 Å². The summed E-state index contributed by atoms with van der Waals surface area (Å²) in [4.78, 5) is 4.45. The Morgan fingerprint density at radius 2 is 2.25 bits per heavy atom. The number of anilines is 1. The van der Waals surface area contributed by atoms with Crippen LogP contribution in [0, 0.1) is 5.82 Å². The lowest BCUT2D eigenvalue weighted by atomic mass is 10.0. The zero-order valence-corrected chi connectivity index (χ0v) is 14.7. The summed E-state index contributed by atoms with van der Waals surface area (Å²) in [5.41, 5.74) is 3.50. The minimum Gasteiger partial charge on any atom is -0.493 e. The highest BCUT2D eigenvalue weighted by atomic mass is 19.1. The quantitative estimate of drug-likeness (QED) is 0.417. The minimum atomic E-state index is -0.273. The number of nitrogens with one attached hydrogen (secondary N) is 1. The van der Waals surface area contributed by atoms with Crippen LogP contribution >= 0.6 is 0 Å². The number of benzene rings is 1. The number of pyridine rings is 1. The van der Waals surface area contributed by atoms with E-state index in [1.165, 1.54) is 12.3 Å². The van der Waals surface area contributed by atoms with Crippen molar-refractivity contribution in [2.75, 3.05) is 11.9 Å². The Balaban J connectivity index is 1.50. The summed E-state index contributed by atoms with van der Waals surface area (Å²) in [6.45, 7) is 0.830. The summed E-state index contributed by atoms with van der Waals surface area (Å²) in [6, 6.07) is 6.65. The largest absolute Gasteiger partial charge is 0.493 e. The van der Waals surface area contributed by atoms with Gasteiger partial charge in [-0.1, -0.05) is 0 Å². The molecule has 5 rings (SSSR count). The Morgan fingerprint density at radius 3 is 3.14 bits per heavy atom. The third-order valence-electron chi connectivity index (χ3n) is 4.79. The number of fused-ring (bicyclic) bond motifs is 2. The van der Waals surface area contributed by atoms with E-state index in [1.54, 1.807) is 35.3 Å². The third-order valence-corrected chi connectivity index (χ3v) is 4.79. The SMILES string of the molecule is O[n+]1cccc(-c2cnc(NCc3c(F)ccc4c3CCO4)n3cnnc23)c1. The minimum absolute atomic E-state index is 0.264. The van der Waals surface area contributed by atoms with Crippen molar-refractivity contribution in [1.29, 1.82) is 0 Å². The topological polar surface area (TPSA) is 88.5 Å². The number of hydrogen-bond acceptors (Lipinski definition) is 6. The average Bonchev–Trinajstić information content (AvgIpc) is 3.36. The van der Waals surface area contributed by atoms with Gasteiger partial charge in [0, 0.05) is 41.1 Å². The van der Waals surface area contributed by atoms with Gasteiger partial charge in [0.05, 0.1) is 17.7 Å². The maximum absolute atomic E-state index is 14.4. The van der Waals surface area contributed by atoms with Gasteiger partial charge in [-0.3, -0.25) is 9.61 Å². The Bertz CT molecular complexity index is 1190. The molecule has 8 nitrogen and oxygen atoms in total. The average molecular weight is 379 g/mol. The molecule has 140 valence electrons. The van der Waals surface area contributed by atoms with Crippen molar-refractivity contribution in [3.05, 3.63) is 66.1 Å². The van der Waals surface area contributed by atoms with Gasteiger partial charge in [-0.2, -0.15) is 0 Å². The molecule has 0 saturated carbocycles. The first-order chi connectivity index (χ1) is 13.7. The molecule has 1 aromatic carbocycles.